The summed E-state index contributed by atoms with van der Waals surface area (Å²) >= 11 is 0. The predicted molar refractivity (Wildman–Crippen MR) is 60.4 cm³/mol. The second kappa shape index (κ2) is 4.68. The van der Waals surface area contributed by atoms with E-state index >= 15 is 0 Å². The largest absolute Gasteiger partial charge is 0.573 e. The van der Waals surface area contributed by atoms with E-state index in [1.54, 1.807) is 6.07 Å². The lowest BCUT2D eigenvalue weighted by Crippen LogP contribution is -2.43. The number of alkyl halides is 3. The molecule has 0 unspecified atom stereocenters. The van der Waals surface area contributed by atoms with Crippen LogP contribution < -0.4 is 10.1 Å². The molecule has 100 valence electrons. The van der Waals surface area contributed by atoms with Crippen molar-refractivity contribution in [2.45, 2.75) is 31.2 Å². The molecule has 0 bridgehead atoms. The van der Waals surface area contributed by atoms with E-state index in [1.807, 2.05) is 0 Å². The number of benzene rings is 1. The Balaban J connectivity index is 2.03. The van der Waals surface area contributed by atoms with Crippen LogP contribution in [0.3, 0.4) is 0 Å². The van der Waals surface area contributed by atoms with Crippen molar-refractivity contribution in [3.8, 4) is 5.75 Å². The monoisotopic (exact) mass is 261 g/mol. The van der Waals surface area contributed by atoms with Crippen molar-refractivity contribution in [2.75, 3.05) is 11.9 Å². The van der Waals surface area contributed by atoms with E-state index < -0.39 is 12.0 Å². The van der Waals surface area contributed by atoms with Crippen molar-refractivity contribution in [3.05, 3.63) is 24.3 Å². The Morgan fingerprint density at radius 3 is 2.50 bits per heavy atom. The van der Waals surface area contributed by atoms with Gasteiger partial charge in [-0.3, -0.25) is 0 Å². The van der Waals surface area contributed by atoms with Crippen molar-refractivity contribution in [1.29, 1.82) is 0 Å². The predicted octanol–water partition coefficient (Wildman–Crippen LogP) is 2.91. The number of hydrogen-bond donors (Lipinski definition) is 2. The summed E-state index contributed by atoms with van der Waals surface area (Å²) in [5, 5.41) is 12.7. The fourth-order valence-corrected chi connectivity index (χ4v) is 1.85. The Morgan fingerprint density at radius 1 is 1.28 bits per heavy atom. The molecular formula is C12H14F3NO2. The fraction of sp³-hybridized carbons (Fsp3) is 0.500. The fourth-order valence-electron chi connectivity index (χ4n) is 1.85. The van der Waals surface area contributed by atoms with Crippen LogP contribution in [0.15, 0.2) is 24.3 Å². The molecule has 2 rings (SSSR count). The van der Waals surface area contributed by atoms with Crippen molar-refractivity contribution < 1.29 is 23.0 Å². The van der Waals surface area contributed by atoms with Crippen molar-refractivity contribution in [2.24, 2.45) is 0 Å². The number of anilines is 1. The highest BCUT2D eigenvalue weighted by molar-refractivity contribution is 5.56. The first-order valence-electron chi connectivity index (χ1n) is 5.69. The quantitative estimate of drug-likeness (QED) is 0.875. The lowest BCUT2D eigenvalue weighted by Gasteiger charge is -2.37. The van der Waals surface area contributed by atoms with E-state index in [1.165, 1.54) is 18.2 Å². The Labute approximate surface area is 103 Å². The molecule has 1 aromatic rings. The number of rotatable bonds is 4. The number of halogens is 3. The molecule has 1 saturated carbocycles. The molecule has 0 radical (unpaired) electrons. The molecular weight excluding hydrogens is 247 g/mol. The first-order chi connectivity index (χ1) is 8.38. The van der Waals surface area contributed by atoms with Gasteiger partial charge < -0.3 is 15.2 Å². The maximum atomic E-state index is 12.2. The van der Waals surface area contributed by atoms with E-state index in [0.29, 0.717) is 12.8 Å². The minimum absolute atomic E-state index is 0.227. The van der Waals surface area contributed by atoms with Gasteiger partial charge in [-0.2, -0.15) is 0 Å². The average molecular weight is 261 g/mol. The van der Waals surface area contributed by atoms with Crippen LogP contribution in [0.4, 0.5) is 18.9 Å². The van der Waals surface area contributed by atoms with Gasteiger partial charge in [-0.1, -0.05) is 12.1 Å². The van der Waals surface area contributed by atoms with E-state index in [-0.39, 0.29) is 18.0 Å². The lowest BCUT2D eigenvalue weighted by molar-refractivity contribution is -0.274. The van der Waals surface area contributed by atoms with E-state index in [9.17, 15) is 18.3 Å². The highest BCUT2D eigenvalue weighted by Crippen LogP contribution is 2.34. The Morgan fingerprint density at radius 2 is 1.94 bits per heavy atom. The summed E-state index contributed by atoms with van der Waals surface area (Å²) in [6.07, 6.45) is -2.44. The maximum Gasteiger partial charge on any atom is 0.573 e. The summed E-state index contributed by atoms with van der Waals surface area (Å²) in [5.41, 5.74) is -0.569. The van der Waals surface area contributed by atoms with Crippen molar-refractivity contribution in [1.82, 2.24) is 0 Å². The number of hydrogen-bond acceptors (Lipinski definition) is 3. The van der Waals surface area contributed by atoms with Gasteiger partial charge in [0.2, 0.25) is 0 Å². The molecule has 1 aromatic carbocycles. The van der Waals surface area contributed by atoms with E-state index in [0.717, 1.165) is 6.42 Å². The van der Waals surface area contributed by atoms with Crippen LogP contribution in [0, 0.1) is 0 Å². The number of para-hydroxylation sites is 2. The average Bonchev–Trinajstić information content (AvgIpc) is 2.23. The van der Waals surface area contributed by atoms with Crippen LogP contribution in [0.5, 0.6) is 5.75 Å². The lowest BCUT2D eigenvalue weighted by atomic mass is 9.80. The minimum Gasteiger partial charge on any atom is -0.404 e. The van der Waals surface area contributed by atoms with Crippen molar-refractivity contribution >= 4 is 5.69 Å². The molecule has 1 aliphatic rings. The summed E-state index contributed by atoms with van der Waals surface area (Å²) in [6.45, 7) is 0.227. The van der Waals surface area contributed by atoms with Crippen molar-refractivity contribution in [3.63, 3.8) is 0 Å². The first kappa shape index (κ1) is 13.0. The topological polar surface area (TPSA) is 41.5 Å². The summed E-state index contributed by atoms with van der Waals surface area (Å²) in [4.78, 5) is 0. The van der Waals surface area contributed by atoms with Crippen LogP contribution in [-0.4, -0.2) is 23.6 Å². The zero-order valence-electron chi connectivity index (χ0n) is 9.63. The van der Waals surface area contributed by atoms with Gasteiger partial charge in [0.15, 0.2) is 5.75 Å². The molecule has 1 aliphatic carbocycles. The SMILES string of the molecule is OC1(CNc2ccccc2OC(F)(F)F)CCC1. The third kappa shape index (κ3) is 3.29. The molecule has 0 aliphatic heterocycles. The van der Waals surface area contributed by atoms with Gasteiger partial charge in [-0.25, -0.2) is 0 Å². The Kier molecular flexibility index (Phi) is 3.38. The third-order valence-corrected chi connectivity index (χ3v) is 3.00. The standard InChI is InChI=1S/C12H14F3NO2/c13-12(14,15)18-10-5-2-1-4-9(10)16-8-11(17)6-3-7-11/h1-2,4-5,16-17H,3,6-8H2. The second-order valence-electron chi connectivity index (χ2n) is 4.48. The molecule has 0 spiro atoms. The van der Waals surface area contributed by atoms with Gasteiger partial charge in [0.05, 0.1) is 11.3 Å². The highest BCUT2D eigenvalue weighted by Gasteiger charge is 2.35. The molecule has 1 fully saturated rings. The normalized spacial score (nSPS) is 18.0. The molecule has 18 heavy (non-hydrogen) atoms. The van der Waals surface area contributed by atoms with Gasteiger partial charge in [0.1, 0.15) is 0 Å². The third-order valence-electron chi connectivity index (χ3n) is 3.00. The molecule has 0 amide bonds. The van der Waals surface area contributed by atoms with Crippen LogP contribution >= 0.6 is 0 Å². The molecule has 6 heteroatoms. The van der Waals surface area contributed by atoms with Gasteiger partial charge in [-0.05, 0) is 31.4 Å². The molecule has 0 saturated heterocycles. The summed E-state index contributed by atoms with van der Waals surface area (Å²) in [7, 11) is 0. The molecule has 0 atom stereocenters. The van der Waals surface area contributed by atoms with Crippen LogP contribution in [0.1, 0.15) is 19.3 Å². The van der Waals surface area contributed by atoms with Gasteiger partial charge >= 0.3 is 6.36 Å². The number of nitrogens with one attached hydrogen (secondary N) is 1. The zero-order chi connectivity index (χ0) is 13.2. The maximum absolute atomic E-state index is 12.2. The number of ether oxygens (including phenoxy) is 1. The smallest absolute Gasteiger partial charge is 0.404 e. The van der Waals surface area contributed by atoms with Crippen LogP contribution in [0.25, 0.3) is 0 Å². The molecule has 0 heterocycles. The van der Waals surface area contributed by atoms with E-state index in [4.69, 9.17) is 0 Å². The van der Waals surface area contributed by atoms with Gasteiger partial charge in [0, 0.05) is 6.54 Å². The van der Waals surface area contributed by atoms with Gasteiger partial charge in [0.25, 0.3) is 0 Å². The zero-order valence-corrected chi connectivity index (χ0v) is 9.63. The van der Waals surface area contributed by atoms with Crippen LogP contribution in [-0.2, 0) is 0 Å². The summed E-state index contributed by atoms with van der Waals surface area (Å²) < 4.78 is 40.4. The molecule has 0 aromatic heterocycles. The Bertz CT molecular complexity index is 416. The van der Waals surface area contributed by atoms with Crippen LogP contribution in [0.2, 0.25) is 0 Å². The minimum atomic E-state index is -4.72. The summed E-state index contributed by atoms with van der Waals surface area (Å²) in [5.74, 6) is -0.284. The summed E-state index contributed by atoms with van der Waals surface area (Å²) in [6, 6.07) is 5.80. The highest BCUT2D eigenvalue weighted by atomic mass is 19.4. The second-order valence-corrected chi connectivity index (χ2v) is 4.48. The van der Waals surface area contributed by atoms with E-state index in [2.05, 4.69) is 10.1 Å². The number of aliphatic hydroxyl groups is 1. The molecule has 2 N–H and O–H groups in total. The first-order valence-corrected chi connectivity index (χ1v) is 5.69. The molecule has 3 nitrogen and oxygen atoms in total. The van der Waals surface area contributed by atoms with Gasteiger partial charge in [-0.15, -0.1) is 13.2 Å². The Hall–Kier alpha value is -1.43.